The van der Waals surface area contributed by atoms with E-state index in [1.165, 1.54) is 27.1 Å². The molecule has 1 nitrogen and oxygen atoms in total. The molecular weight excluding hydrogens is 567 g/mol. The van der Waals surface area contributed by atoms with Gasteiger partial charge in [0.1, 0.15) is 0 Å². The van der Waals surface area contributed by atoms with Crippen LogP contribution >= 0.6 is 0 Å². The van der Waals surface area contributed by atoms with Gasteiger partial charge in [0.2, 0.25) is 0 Å². The van der Waals surface area contributed by atoms with Gasteiger partial charge in [-0.15, -0.1) is 6.58 Å². The van der Waals surface area contributed by atoms with Crippen molar-refractivity contribution in [2.75, 3.05) is 0 Å². The maximum atomic E-state index is 5.03. The van der Waals surface area contributed by atoms with E-state index in [9.17, 15) is 0 Å². The standard InChI is InChI=1S/C46H45N/c1-7-37(16-14-15-17-40-28-27-39(9-3)46-42(10-4)33(5)21-30-43(40)46)45-34(6)20-22-35-23-25-36(26-24-35)32-47-44(31-29-38(45)8-2)41-18-12-11-13-19-41/h7-23,25-32,35,38,44H,2,4-5,24H2,1,3,6H3/b16-14-,17-15+,22-20-,31-29?,37-7+,39-9-,45-34+,47-32?. The molecule has 2 heterocycles. The van der Waals surface area contributed by atoms with E-state index in [0.29, 0.717) is 5.92 Å². The van der Waals surface area contributed by atoms with Gasteiger partial charge in [0.05, 0.1) is 6.04 Å². The van der Waals surface area contributed by atoms with E-state index in [-0.39, 0.29) is 12.0 Å². The lowest BCUT2D eigenvalue weighted by atomic mass is 9.86. The predicted molar refractivity (Wildman–Crippen MR) is 209 cm³/mol. The van der Waals surface area contributed by atoms with Crippen molar-refractivity contribution in [1.82, 2.24) is 0 Å². The molecule has 0 spiro atoms. The molecule has 0 N–H and O–H groups in total. The molecule has 234 valence electrons. The van der Waals surface area contributed by atoms with Crippen molar-refractivity contribution < 1.29 is 0 Å². The maximum absolute atomic E-state index is 5.03. The average Bonchev–Trinajstić information content (AvgIpc) is 3.11. The second-order valence-corrected chi connectivity index (χ2v) is 12.0. The molecule has 3 aromatic rings. The van der Waals surface area contributed by atoms with Crippen LogP contribution in [0.4, 0.5) is 0 Å². The van der Waals surface area contributed by atoms with E-state index in [0.717, 1.165) is 39.5 Å². The van der Waals surface area contributed by atoms with Gasteiger partial charge in [-0.3, -0.25) is 4.99 Å². The molecule has 3 atom stereocenters. The monoisotopic (exact) mass is 611 g/mol. The number of aliphatic imine (C=N–C) groups is 1. The van der Waals surface area contributed by atoms with Gasteiger partial charge in [-0.1, -0.05) is 159 Å². The van der Waals surface area contributed by atoms with Crippen molar-refractivity contribution in [3.8, 4) is 0 Å². The minimum atomic E-state index is -0.0917. The lowest BCUT2D eigenvalue weighted by molar-refractivity contribution is 0.816. The summed E-state index contributed by atoms with van der Waals surface area (Å²) in [7, 11) is 0. The number of hydrogen-bond donors (Lipinski definition) is 0. The summed E-state index contributed by atoms with van der Waals surface area (Å²) in [5.41, 5.74) is 8.19. The van der Waals surface area contributed by atoms with E-state index in [2.05, 4.69) is 168 Å². The molecule has 47 heavy (non-hydrogen) atoms. The van der Waals surface area contributed by atoms with Crippen molar-refractivity contribution in [2.24, 2.45) is 16.8 Å². The summed E-state index contributed by atoms with van der Waals surface area (Å²) in [6.45, 7) is 19.0. The van der Waals surface area contributed by atoms with Crippen LogP contribution in [0.1, 0.15) is 49.9 Å². The van der Waals surface area contributed by atoms with Gasteiger partial charge in [-0.2, -0.15) is 0 Å². The van der Waals surface area contributed by atoms with Crippen LogP contribution in [-0.2, 0) is 0 Å². The molecule has 2 aliphatic heterocycles. The molecule has 3 aliphatic rings. The highest BCUT2D eigenvalue weighted by Gasteiger charge is 2.16. The highest BCUT2D eigenvalue weighted by atomic mass is 14.8. The predicted octanol–water partition coefficient (Wildman–Crippen LogP) is 10.8. The Hall–Kier alpha value is -5.27. The summed E-state index contributed by atoms with van der Waals surface area (Å²) in [5.74, 6) is 0.362. The smallest absolute Gasteiger partial charge is 0.0930 e. The fourth-order valence-corrected chi connectivity index (χ4v) is 6.36. The lowest BCUT2D eigenvalue weighted by Crippen LogP contribution is -2.11. The first-order valence-electron chi connectivity index (χ1n) is 16.5. The van der Waals surface area contributed by atoms with Crippen molar-refractivity contribution >= 4 is 41.8 Å². The van der Waals surface area contributed by atoms with Crippen molar-refractivity contribution in [1.29, 1.82) is 0 Å². The fourth-order valence-electron chi connectivity index (χ4n) is 6.36. The first-order valence-corrected chi connectivity index (χ1v) is 16.5. The van der Waals surface area contributed by atoms with E-state index in [1.807, 2.05) is 24.4 Å². The second kappa shape index (κ2) is 15.8. The summed E-state index contributed by atoms with van der Waals surface area (Å²) >= 11 is 0. The third-order valence-electron chi connectivity index (χ3n) is 8.97. The van der Waals surface area contributed by atoms with Crippen LogP contribution in [0.5, 0.6) is 0 Å². The molecule has 0 amide bonds. The van der Waals surface area contributed by atoms with Crippen LogP contribution in [0.15, 0.2) is 168 Å². The van der Waals surface area contributed by atoms with E-state index >= 15 is 0 Å². The molecule has 0 saturated heterocycles. The van der Waals surface area contributed by atoms with Gasteiger partial charge < -0.3 is 0 Å². The summed E-state index contributed by atoms with van der Waals surface area (Å²) in [6.07, 6.45) is 35.7. The van der Waals surface area contributed by atoms with Crippen LogP contribution in [0, 0.1) is 11.8 Å². The molecule has 1 heteroatoms. The topological polar surface area (TPSA) is 12.4 Å². The van der Waals surface area contributed by atoms with Gasteiger partial charge in [0.25, 0.3) is 0 Å². The highest BCUT2D eigenvalue weighted by Crippen LogP contribution is 2.31. The molecule has 0 fully saturated rings. The van der Waals surface area contributed by atoms with Gasteiger partial charge in [-0.05, 0) is 93.3 Å². The second-order valence-electron chi connectivity index (χ2n) is 12.0. The largest absolute Gasteiger partial charge is 0.280 e. The third kappa shape index (κ3) is 7.76. The number of rotatable bonds is 7. The van der Waals surface area contributed by atoms with E-state index in [1.54, 1.807) is 0 Å². The Morgan fingerprint density at radius 2 is 1.70 bits per heavy atom. The minimum absolute atomic E-state index is 0.00623. The molecule has 2 bridgehead atoms. The SMILES string of the molecule is C=Cc1c(=C)ccc2c(/C=C/C=C\C(=C/C)C3=C(C)/C=C\C4C=CC(=CC4)C=NC(c4ccccc4)C=CC/3C=C)cc/c(=C/C)c12. The average molecular weight is 612 g/mol. The lowest BCUT2D eigenvalue weighted by Gasteiger charge is -2.20. The van der Waals surface area contributed by atoms with Crippen molar-refractivity contribution in [2.45, 2.75) is 33.2 Å². The van der Waals surface area contributed by atoms with Gasteiger partial charge in [-0.25, -0.2) is 0 Å². The Balaban J connectivity index is 1.53. The summed E-state index contributed by atoms with van der Waals surface area (Å²) in [4.78, 5) is 5.03. The molecule has 0 saturated carbocycles. The minimum Gasteiger partial charge on any atom is -0.280 e. The molecule has 0 aromatic heterocycles. The Labute approximate surface area is 281 Å². The summed E-state index contributed by atoms with van der Waals surface area (Å²) in [5, 5.41) is 4.57. The molecule has 3 aromatic carbocycles. The summed E-state index contributed by atoms with van der Waals surface area (Å²) in [6, 6.07) is 19.0. The zero-order chi connectivity index (χ0) is 33.2. The van der Waals surface area contributed by atoms with Crippen molar-refractivity contribution in [3.63, 3.8) is 0 Å². The molecule has 3 unspecified atom stereocenters. The highest BCUT2D eigenvalue weighted by molar-refractivity contribution is 5.97. The summed E-state index contributed by atoms with van der Waals surface area (Å²) < 4.78 is 0. The van der Waals surface area contributed by atoms with Crippen LogP contribution in [-0.4, -0.2) is 6.21 Å². The van der Waals surface area contributed by atoms with Crippen LogP contribution < -0.4 is 10.4 Å². The number of benzene rings is 3. The van der Waals surface area contributed by atoms with Crippen LogP contribution in [0.25, 0.3) is 35.6 Å². The molecule has 0 radical (unpaired) electrons. The number of fused-ring (bicyclic) bond motifs is 7. The Morgan fingerprint density at radius 1 is 0.894 bits per heavy atom. The van der Waals surface area contributed by atoms with Crippen LogP contribution in [0.3, 0.4) is 0 Å². The maximum Gasteiger partial charge on any atom is 0.0930 e. The number of nitrogens with zero attached hydrogens (tertiary/aromatic N) is 1. The van der Waals surface area contributed by atoms with Gasteiger partial charge in [0, 0.05) is 12.1 Å². The Morgan fingerprint density at radius 3 is 2.40 bits per heavy atom. The zero-order valence-electron chi connectivity index (χ0n) is 27.9. The van der Waals surface area contributed by atoms with Crippen molar-refractivity contribution in [3.05, 3.63) is 190 Å². The van der Waals surface area contributed by atoms with Gasteiger partial charge in [0.15, 0.2) is 0 Å². The number of allylic oxidation sites excluding steroid dienone is 15. The normalized spacial score (nSPS) is 23.0. The van der Waals surface area contributed by atoms with E-state index < -0.39 is 0 Å². The fraction of sp³-hybridized carbons (Fsp3) is 0.152. The third-order valence-corrected chi connectivity index (χ3v) is 8.97. The first kappa shape index (κ1) is 33.1. The number of hydrogen-bond acceptors (Lipinski definition) is 1. The molecular formula is C46H45N. The van der Waals surface area contributed by atoms with Crippen LogP contribution in [0.2, 0.25) is 0 Å². The van der Waals surface area contributed by atoms with Gasteiger partial charge >= 0.3 is 0 Å². The first-order chi connectivity index (χ1) is 23.0. The molecule has 6 rings (SSSR count). The Kier molecular flexibility index (Phi) is 11.1. The Bertz CT molecular complexity index is 2030. The zero-order valence-corrected chi connectivity index (χ0v) is 27.9. The quantitative estimate of drug-likeness (QED) is 0.186. The van der Waals surface area contributed by atoms with E-state index in [4.69, 9.17) is 4.99 Å². The molecule has 1 aliphatic carbocycles.